The van der Waals surface area contributed by atoms with Gasteiger partial charge in [-0.3, -0.25) is 0 Å². The van der Waals surface area contributed by atoms with Crippen molar-refractivity contribution >= 4 is 31.9 Å². The van der Waals surface area contributed by atoms with Crippen LogP contribution in [0.4, 0.5) is 0 Å². The molecule has 1 aliphatic carbocycles. The van der Waals surface area contributed by atoms with Crippen LogP contribution in [-0.4, -0.2) is 26.4 Å². The van der Waals surface area contributed by atoms with Crippen molar-refractivity contribution in [1.82, 2.24) is 0 Å². The van der Waals surface area contributed by atoms with E-state index in [4.69, 9.17) is 18.9 Å². The first-order valence-corrected chi connectivity index (χ1v) is 18.4. The smallest absolute Gasteiger partial charge is 0.119 e. The van der Waals surface area contributed by atoms with Gasteiger partial charge in [0.25, 0.3) is 0 Å². The van der Waals surface area contributed by atoms with Crippen molar-refractivity contribution in [2.45, 2.75) is 79.1 Å². The Morgan fingerprint density at radius 2 is 0.630 bits per heavy atom. The van der Waals surface area contributed by atoms with Gasteiger partial charge in [-0.05, 0) is 144 Å². The second-order valence-corrected chi connectivity index (χ2v) is 13.8. The molecule has 0 spiro atoms. The van der Waals surface area contributed by atoms with E-state index < -0.39 is 0 Å². The van der Waals surface area contributed by atoms with E-state index in [9.17, 15) is 0 Å². The highest BCUT2D eigenvalue weighted by atomic mass is 79.9. The van der Waals surface area contributed by atoms with Crippen molar-refractivity contribution in [3.8, 4) is 23.0 Å². The highest BCUT2D eigenvalue weighted by Gasteiger charge is 2.17. The average Bonchev–Trinajstić information content (AvgIpc) is 3.04. The molecule has 4 aromatic rings. The maximum absolute atomic E-state index is 6.23. The Labute approximate surface area is 292 Å². The van der Waals surface area contributed by atoms with Crippen LogP contribution in [0.15, 0.2) is 69.6 Å². The van der Waals surface area contributed by atoms with E-state index in [1.807, 2.05) is 0 Å². The van der Waals surface area contributed by atoms with Crippen molar-refractivity contribution in [2.75, 3.05) is 26.4 Å². The van der Waals surface area contributed by atoms with E-state index in [2.05, 4.69) is 120 Å². The number of halogens is 2. The first-order chi connectivity index (χ1) is 22.4. The van der Waals surface area contributed by atoms with Crippen LogP contribution in [-0.2, 0) is 25.7 Å². The second-order valence-electron chi connectivity index (χ2n) is 12.2. The van der Waals surface area contributed by atoms with Crippen LogP contribution in [0.1, 0.15) is 97.9 Å². The summed E-state index contributed by atoms with van der Waals surface area (Å²) in [7, 11) is 0. The molecule has 0 aliphatic heterocycles. The summed E-state index contributed by atoms with van der Waals surface area (Å²) in [6, 6.07) is 22.2. The lowest BCUT2D eigenvalue weighted by atomic mass is 9.93. The monoisotopic (exact) mass is 748 g/mol. The molecule has 244 valence electrons. The maximum Gasteiger partial charge on any atom is 0.119 e. The van der Waals surface area contributed by atoms with Gasteiger partial charge in [0.15, 0.2) is 0 Å². The van der Waals surface area contributed by atoms with Crippen LogP contribution in [0.3, 0.4) is 0 Å². The van der Waals surface area contributed by atoms with Gasteiger partial charge in [0.1, 0.15) is 23.0 Å². The molecule has 5 rings (SSSR count). The summed E-state index contributed by atoms with van der Waals surface area (Å²) >= 11 is 8.06. The summed E-state index contributed by atoms with van der Waals surface area (Å²) in [5, 5.41) is 0. The van der Waals surface area contributed by atoms with Gasteiger partial charge in [-0.1, -0.05) is 71.7 Å². The quantitative estimate of drug-likeness (QED) is 0.127. The number of ether oxygens (including phenoxy) is 4. The molecule has 0 saturated carbocycles. The number of benzene rings is 4. The molecule has 8 bridgehead atoms. The summed E-state index contributed by atoms with van der Waals surface area (Å²) < 4.78 is 27.2. The first-order valence-electron chi connectivity index (χ1n) is 16.8. The Balaban J connectivity index is 1.70. The number of fused-ring (bicyclic) bond motifs is 8. The molecule has 0 atom stereocenters. The lowest BCUT2D eigenvalue weighted by Crippen LogP contribution is -2.05. The zero-order valence-electron chi connectivity index (χ0n) is 27.6. The third-order valence-corrected chi connectivity index (χ3v) is 9.95. The molecule has 1 aliphatic rings. The first kappa shape index (κ1) is 34.4. The Bertz CT molecular complexity index is 1420. The molecule has 6 heteroatoms. The minimum Gasteiger partial charge on any atom is -0.494 e. The topological polar surface area (TPSA) is 36.9 Å². The van der Waals surface area contributed by atoms with Crippen molar-refractivity contribution < 1.29 is 18.9 Å². The van der Waals surface area contributed by atoms with Gasteiger partial charge >= 0.3 is 0 Å². The Hall–Kier alpha value is -2.96. The average molecular weight is 751 g/mol. The molecule has 4 nitrogen and oxygen atoms in total. The molecule has 0 amide bonds. The third-order valence-electron chi connectivity index (χ3n) is 7.92. The van der Waals surface area contributed by atoms with Gasteiger partial charge in [0.05, 0.1) is 26.4 Å². The van der Waals surface area contributed by atoms with E-state index in [0.717, 1.165) is 83.3 Å². The molecule has 4 aromatic carbocycles. The normalized spacial score (nSPS) is 12.5. The fourth-order valence-corrected chi connectivity index (χ4v) is 6.93. The molecular weight excluding hydrogens is 704 g/mol. The Morgan fingerprint density at radius 3 is 0.870 bits per heavy atom. The maximum atomic E-state index is 6.23. The molecule has 0 heterocycles. The minimum atomic E-state index is 0.687. The second kappa shape index (κ2) is 16.7. The molecule has 0 unspecified atom stereocenters. The van der Waals surface area contributed by atoms with Crippen molar-refractivity contribution in [3.05, 3.63) is 114 Å². The molecular formula is C40H46Br2O4. The Morgan fingerprint density at radius 1 is 0.391 bits per heavy atom. The van der Waals surface area contributed by atoms with E-state index in [0.29, 0.717) is 26.4 Å². The molecule has 0 N–H and O–H groups in total. The molecule has 0 radical (unpaired) electrons. The summed E-state index contributed by atoms with van der Waals surface area (Å²) in [4.78, 5) is 0. The van der Waals surface area contributed by atoms with Gasteiger partial charge in [-0.15, -0.1) is 0 Å². The fraction of sp³-hybridized carbons (Fsp3) is 0.400. The van der Waals surface area contributed by atoms with Gasteiger partial charge < -0.3 is 18.9 Å². The van der Waals surface area contributed by atoms with Crippen molar-refractivity contribution in [1.29, 1.82) is 0 Å². The number of hydrogen-bond acceptors (Lipinski definition) is 4. The predicted octanol–water partition coefficient (Wildman–Crippen LogP) is 11.0. The lowest BCUT2D eigenvalue weighted by molar-refractivity contribution is 0.316. The van der Waals surface area contributed by atoms with E-state index in [1.54, 1.807) is 0 Å². The van der Waals surface area contributed by atoms with Crippen LogP contribution in [0.2, 0.25) is 0 Å². The van der Waals surface area contributed by atoms with Crippen molar-refractivity contribution in [2.24, 2.45) is 0 Å². The standard InChI is InChI=1S/C40H46Br2O4/c1-5-9-43-35-19-27-13-28(20-35)16-32-24-38(46-12-8-4)26-34(40(32)42)18-30-14-29(21-36(22-30)44-10-6-2)17-33-25-37(45-11-7-3)23-31(15-27)39(33)41/h13-14,19-26H,5-12,15-18H2,1-4H3. The number of hydrogen-bond donors (Lipinski definition) is 0. The zero-order chi connectivity index (χ0) is 32.5. The summed E-state index contributed by atoms with van der Waals surface area (Å²) in [6.07, 6.45) is 6.86. The van der Waals surface area contributed by atoms with Crippen LogP contribution in [0, 0.1) is 0 Å². The number of rotatable bonds is 12. The molecule has 0 saturated heterocycles. The predicted molar refractivity (Wildman–Crippen MR) is 196 cm³/mol. The van der Waals surface area contributed by atoms with Crippen molar-refractivity contribution in [3.63, 3.8) is 0 Å². The van der Waals surface area contributed by atoms with Gasteiger partial charge in [0, 0.05) is 8.95 Å². The highest BCUT2D eigenvalue weighted by Crippen LogP contribution is 2.36. The summed E-state index contributed by atoms with van der Waals surface area (Å²) in [6.45, 7) is 11.3. The van der Waals surface area contributed by atoms with Gasteiger partial charge in [-0.2, -0.15) is 0 Å². The van der Waals surface area contributed by atoms with Crippen LogP contribution in [0.25, 0.3) is 0 Å². The SMILES string of the molecule is CCCOc1cc2cc(c1)Cc1cc(OCCC)cc(c1Br)Cc1cc(cc(OCCC)c1)Cc1cc(OCCC)cc(c1Br)C2. The highest BCUT2D eigenvalue weighted by molar-refractivity contribution is 9.10. The molecule has 46 heavy (non-hydrogen) atoms. The largest absolute Gasteiger partial charge is 0.494 e. The lowest BCUT2D eigenvalue weighted by Gasteiger charge is -2.19. The zero-order valence-corrected chi connectivity index (χ0v) is 30.8. The Kier molecular flexibility index (Phi) is 12.5. The van der Waals surface area contributed by atoms with Crippen LogP contribution >= 0.6 is 31.9 Å². The van der Waals surface area contributed by atoms with E-state index >= 15 is 0 Å². The fourth-order valence-electron chi connectivity index (χ4n) is 5.91. The third kappa shape index (κ3) is 9.10. The van der Waals surface area contributed by atoms with E-state index in [1.165, 1.54) is 44.5 Å². The van der Waals surface area contributed by atoms with Crippen LogP contribution < -0.4 is 18.9 Å². The van der Waals surface area contributed by atoms with Crippen LogP contribution in [0.5, 0.6) is 23.0 Å². The minimum absolute atomic E-state index is 0.687. The molecule has 0 fully saturated rings. The molecule has 0 aromatic heterocycles. The summed E-state index contributed by atoms with van der Waals surface area (Å²) in [5.74, 6) is 3.64. The van der Waals surface area contributed by atoms with Gasteiger partial charge in [0.2, 0.25) is 0 Å². The summed E-state index contributed by atoms with van der Waals surface area (Å²) in [5.41, 5.74) is 9.64. The van der Waals surface area contributed by atoms with Gasteiger partial charge in [-0.25, -0.2) is 0 Å². The van der Waals surface area contributed by atoms with E-state index in [-0.39, 0.29) is 0 Å².